The van der Waals surface area contributed by atoms with Gasteiger partial charge in [-0.1, -0.05) is 17.9 Å². The summed E-state index contributed by atoms with van der Waals surface area (Å²) in [7, 11) is 0. The van der Waals surface area contributed by atoms with Gasteiger partial charge in [-0.2, -0.15) is 0 Å². The third-order valence-electron chi connectivity index (χ3n) is 6.79. The van der Waals surface area contributed by atoms with Crippen LogP contribution < -0.4 is 5.32 Å². The predicted molar refractivity (Wildman–Crippen MR) is 124 cm³/mol. The standard InChI is InChI=1S/C26H27N5O3/c1-17-9-12-27-23(28-17)16-30-13-10-18(11-14-30)5-6-19-3-2-4-20-21(19)15-31(26(20)34)22-7-8-24(32)29-25(22)33/h2-4,9,12,18,22H,7-8,10-11,13-16H2,1H3,(H,29,32,33). The number of imide groups is 1. The normalized spacial score (nSPS) is 21.1. The molecule has 1 unspecified atom stereocenters. The monoisotopic (exact) mass is 457 g/mol. The van der Waals surface area contributed by atoms with Crippen molar-refractivity contribution in [2.75, 3.05) is 13.1 Å². The molecule has 0 spiro atoms. The van der Waals surface area contributed by atoms with Crippen molar-refractivity contribution >= 4 is 17.7 Å². The molecule has 2 saturated heterocycles. The van der Waals surface area contributed by atoms with Crippen molar-refractivity contribution in [3.8, 4) is 11.8 Å². The molecule has 2 aromatic rings. The van der Waals surface area contributed by atoms with Crippen molar-refractivity contribution in [2.45, 2.75) is 51.7 Å². The van der Waals surface area contributed by atoms with Crippen LogP contribution >= 0.6 is 0 Å². The summed E-state index contributed by atoms with van der Waals surface area (Å²) >= 11 is 0. The Morgan fingerprint density at radius 2 is 1.94 bits per heavy atom. The summed E-state index contributed by atoms with van der Waals surface area (Å²) in [6.45, 7) is 4.98. The summed E-state index contributed by atoms with van der Waals surface area (Å²) in [6, 6.07) is 6.88. The Balaban J connectivity index is 1.23. The molecule has 1 aromatic heterocycles. The average Bonchev–Trinajstić information content (AvgIpc) is 3.15. The number of piperidine rings is 2. The maximum atomic E-state index is 13.0. The van der Waals surface area contributed by atoms with E-state index in [0.29, 0.717) is 24.4 Å². The Bertz CT molecular complexity index is 1210. The highest BCUT2D eigenvalue weighted by Crippen LogP contribution is 2.29. The fourth-order valence-electron chi connectivity index (χ4n) is 4.90. The number of nitrogens with one attached hydrogen (secondary N) is 1. The zero-order valence-electron chi connectivity index (χ0n) is 19.2. The number of nitrogens with zero attached hydrogens (tertiary/aromatic N) is 4. The van der Waals surface area contributed by atoms with E-state index in [4.69, 9.17) is 0 Å². The Labute approximate surface area is 198 Å². The lowest BCUT2D eigenvalue weighted by molar-refractivity contribution is -0.136. The number of hydrogen-bond acceptors (Lipinski definition) is 6. The fraction of sp³-hybridized carbons (Fsp3) is 0.423. The molecular formula is C26H27N5O3. The van der Waals surface area contributed by atoms with Gasteiger partial charge in [0, 0.05) is 41.9 Å². The Morgan fingerprint density at radius 3 is 2.71 bits per heavy atom. The molecular weight excluding hydrogens is 430 g/mol. The van der Waals surface area contributed by atoms with Gasteiger partial charge in [0.1, 0.15) is 11.9 Å². The lowest BCUT2D eigenvalue weighted by atomic mass is 9.96. The van der Waals surface area contributed by atoms with Gasteiger partial charge in [0.25, 0.3) is 5.91 Å². The first-order valence-corrected chi connectivity index (χ1v) is 11.8. The first-order chi connectivity index (χ1) is 16.5. The molecule has 0 radical (unpaired) electrons. The topological polar surface area (TPSA) is 95.5 Å². The van der Waals surface area contributed by atoms with Crippen molar-refractivity contribution in [3.05, 3.63) is 58.7 Å². The summed E-state index contributed by atoms with van der Waals surface area (Å²) in [4.78, 5) is 49.6. The van der Waals surface area contributed by atoms with Crippen LogP contribution in [0.2, 0.25) is 0 Å². The number of rotatable bonds is 3. The predicted octanol–water partition coefficient (Wildman–Crippen LogP) is 1.81. The number of benzene rings is 1. The molecule has 0 bridgehead atoms. The Morgan fingerprint density at radius 1 is 1.12 bits per heavy atom. The fourth-order valence-corrected chi connectivity index (χ4v) is 4.90. The molecule has 1 N–H and O–H groups in total. The summed E-state index contributed by atoms with van der Waals surface area (Å²) in [5.74, 6) is 7.06. The lowest BCUT2D eigenvalue weighted by Crippen LogP contribution is -2.52. The van der Waals surface area contributed by atoms with Crippen molar-refractivity contribution in [1.29, 1.82) is 0 Å². The van der Waals surface area contributed by atoms with E-state index in [0.717, 1.165) is 55.1 Å². The van der Waals surface area contributed by atoms with Crippen LogP contribution in [-0.2, 0) is 22.7 Å². The first kappa shape index (κ1) is 22.2. The molecule has 3 aliphatic heterocycles. The largest absolute Gasteiger partial charge is 0.322 e. The second kappa shape index (κ2) is 9.35. The molecule has 34 heavy (non-hydrogen) atoms. The van der Waals surface area contributed by atoms with Crippen LogP contribution in [0.15, 0.2) is 30.5 Å². The van der Waals surface area contributed by atoms with Gasteiger partial charge in [0.2, 0.25) is 11.8 Å². The number of aromatic nitrogens is 2. The lowest BCUT2D eigenvalue weighted by Gasteiger charge is -2.29. The summed E-state index contributed by atoms with van der Waals surface area (Å²) in [6.07, 6.45) is 4.38. The Kier molecular flexibility index (Phi) is 6.12. The van der Waals surface area contributed by atoms with E-state index in [1.807, 2.05) is 25.1 Å². The molecule has 8 heteroatoms. The maximum absolute atomic E-state index is 13.0. The smallest absolute Gasteiger partial charge is 0.255 e. The summed E-state index contributed by atoms with van der Waals surface area (Å²) < 4.78 is 0. The number of amides is 3. The number of likely N-dealkylation sites (tertiary alicyclic amines) is 1. The first-order valence-electron chi connectivity index (χ1n) is 11.8. The van der Waals surface area contributed by atoms with Crippen LogP contribution in [0.4, 0.5) is 0 Å². The number of hydrogen-bond donors (Lipinski definition) is 1. The molecule has 1 aromatic carbocycles. The molecule has 3 aliphatic rings. The maximum Gasteiger partial charge on any atom is 0.255 e. The SMILES string of the molecule is Cc1ccnc(CN2CCC(C#Cc3cccc4c3CN(C3CCC(=O)NC3=O)C4=O)CC2)n1. The van der Waals surface area contributed by atoms with Crippen LogP contribution in [0, 0.1) is 24.7 Å². The number of carbonyl (C=O) groups is 3. The van der Waals surface area contributed by atoms with E-state index in [9.17, 15) is 14.4 Å². The minimum absolute atomic E-state index is 0.167. The van der Waals surface area contributed by atoms with E-state index >= 15 is 0 Å². The van der Waals surface area contributed by atoms with Crippen LogP contribution in [0.25, 0.3) is 0 Å². The molecule has 0 aliphatic carbocycles. The van der Waals surface area contributed by atoms with Crippen molar-refractivity contribution < 1.29 is 14.4 Å². The minimum atomic E-state index is -0.611. The van der Waals surface area contributed by atoms with Crippen molar-refractivity contribution in [3.63, 3.8) is 0 Å². The highest BCUT2D eigenvalue weighted by molar-refractivity contribution is 6.05. The summed E-state index contributed by atoms with van der Waals surface area (Å²) in [5, 5.41) is 2.35. The molecule has 3 amide bonds. The van der Waals surface area contributed by atoms with Crippen LogP contribution in [-0.4, -0.2) is 56.6 Å². The zero-order valence-corrected chi connectivity index (χ0v) is 19.2. The Hall–Kier alpha value is -3.57. The van der Waals surface area contributed by atoms with Crippen LogP contribution in [0.3, 0.4) is 0 Å². The second-order valence-corrected chi connectivity index (χ2v) is 9.17. The highest BCUT2D eigenvalue weighted by atomic mass is 16.2. The average molecular weight is 458 g/mol. The third-order valence-corrected chi connectivity index (χ3v) is 6.79. The molecule has 2 fully saturated rings. The number of aryl methyl sites for hydroxylation is 1. The molecule has 1 atom stereocenters. The van der Waals surface area contributed by atoms with Crippen LogP contribution in [0.1, 0.15) is 58.7 Å². The van der Waals surface area contributed by atoms with Gasteiger partial charge in [0.15, 0.2) is 0 Å². The van der Waals surface area contributed by atoms with Gasteiger partial charge in [0.05, 0.1) is 6.54 Å². The molecule has 8 nitrogen and oxygen atoms in total. The zero-order chi connectivity index (χ0) is 23.7. The van der Waals surface area contributed by atoms with Gasteiger partial charge >= 0.3 is 0 Å². The number of fused-ring (bicyclic) bond motifs is 1. The minimum Gasteiger partial charge on any atom is -0.322 e. The highest BCUT2D eigenvalue weighted by Gasteiger charge is 2.39. The van der Waals surface area contributed by atoms with Gasteiger partial charge in [-0.3, -0.25) is 24.6 Å². The van der Waals surface area contributed by atoms with Gasteiger partial charge in [-0.25, -0.2) is 9.97 Å². The number of carbonyl (C=O) groups excluding carboxylic acids is 3. The molecule has 0 saturated carbocycles. The quantitative estimate of drug-likeness (QED) is 0.558. The molecule has 5 rings (SSSR count). The van der Waals surface area contributed by atoms with Crippen molar-refractivity contribution in [1.82, 2.24) is 25.1 Å². The van der Waals surface area contributed by atoms with E-state index in [1.165, 1.54) is 0 Å². The van der Waals surface area contributed by atoms with E-state index in [1.54, 1.807) is 17.2 Å². The third kappa shape index (κ3) is 4.57. The van der Waals surface area contributed by atoms with E-state index in [2.05, 4.69) is 32.0 Å². The van der Waals surface area contributed by atoms with E-state index in [-0.39, 0.29) is 18.2 Å². The van der Waals surface area contributed by atoms with Gasteiger partial charge in [-0.15, -0.1) is 0 Å². The van der Waals surface area contributed by atoms with Gasteiger partial charge < -0.3 is 4.90 Å². The van der Waals surface area contributed by atoms with Gasteiger partial charge in [-0.05, 0) is 63.0 Å². The van der Waals surface area contributed by atoms with Crippen molar-refractivity contribution in [2.24, 2.45) is 5.92 Å². The van der Waals surface area contributed by atoms with Crippen LogP contribution in [0.5, 0.6) is 0 Å². The molecule has 174 valence electrons. The molecule has 4 heterocycles. The van der Waals surface area contributed by atoms with E-state index < -0.39 is 11.9 Å². The second-order valence-electron chi connectivity index (χ2n) is 9.17. The summed E-state index contributed by atoms with van der Waals surface area (Å²) in [5.41, 5.74) is 3.30.